The molecule has 0 aliphatic heterocycles. The number of carbonyl (C=O) groups excluding carboxylic acids is 3. The summed E-state index contributed by atoms with van der Waals surface area (Å²) in [7, 11) is 0. The largest absolute Gasteiger partial charge is 0.423 e. The van der Waals surface area contributed by atoms with E-state index in [9.17, 15) is 14.4 Å². The quantitative estimate of drug-likeness (QED) is 0.178. The first kappa shape index (κ1) is 22.2. The Morgan fingerprint density at radius 2 is 1.52 bits per heavy atom. The van der Waals surface area contributed by atoms with Gasteiger partial charge < -0.3 is 10.1 Å². The molecule has 3 aromatic carbocycles. The van der Waals surface area contributed by atoms with Gasteiger partial charge in [-0.2, -0.15) is 5.10 Å². The summed E-state index contributed by atoms with van der Waals surface area (Å²) in [5.41, 5.74) is 3.63. The van der Waals surface area contributed by atoms with E-state index in [0.29, 0.717) is 27.6 Å². The third kappa shape index (κ3) is 6.77. The molecule has 0 unspecified atom stereocenters. The molecule has 0 spiro atoms. The van der Waals surface area contributed by atoms with Crippen molar-refractivity contribution in [2.75, 3.05) is 5.32 Å². The second-order valence-corrected chi connectivity index (χ2v) is 7.48. The van der Waals surface area contributed by atoms with Crippen molar-refractivity contribution in [2.45, 2.75) is 0 Å². The zero-order valence-electron chi connectivity index (χ0n) is 15.8. The lowest BCUT2D eigenvalue weighted by Crippen LogP contribution is -2.32. The zero-order valence-corrected chi connectivity index (χ0v) is 18.2. The van der Waals surface area contributed by atoms with Crippen LogP contribution in [0.15, 0.2) is 82.4 Å². The molecule has 0 saturated heterocycles. The molecule has 0 aliphatic rings. The van der Waals surface area contributed by atoms with E-state index in [2.05, 4.69) is 31.8 Å². The van der Waals surface area contributed by atoms with Gasteiger partial charge in [-0.1, -0.05) is 27.5 Å². The number of anilines is 1. The number of benzene rings is 3. The minimum Gasteiger partial charge on any atom is -0.423 e. The van der Waals surface area contributed by atoms with Gasteiger partial charge in [-0.3, -0.25) is 9.59 Å². The summed E-state index contributed by atoms with van der Waals surface area (Å²) in [6.45, 7) is 0. The Balaban J connectivity index is 1.50. The number of halogens is 2. The Labute approximate surface area is 191 Å². The lowest BCUT2D eigenvalue weighted by molar-refractivity contribution is -0.136. The van der Waals surface area contributed by atoms with Crippen LogP contribution >= 0.6 is 27.5 Å². The number of ether oxygens (including phenoxy) is 1. The first-order valence-electron chi connectivity index (χ1n) is 8.88. The van der Waals surface area contributed by atoms with Gasteiger partial charge in [0, 0.05) is 15.2 Å². The molecule has 0 saturated carbocycles. The Morgan fingerprint density at radius 1 is 0.871 bits per heavy atom. The number of esters is 1. The van der Waals surface area contributed by atoms with E-state index in [0.717, 1.165) is 4.47 Å². The second-order valence-electron chi connectivity index (χ2n) is 6.13. The molecule has 0 aromatic heterocycles. The van der Waals surface area contributed by atoms with Crippen molar-refractivity contribution in [3.8, 4) is 5.75 Å². The van der Waals surface area contributed by atoms with Gasteiger partial charge in [0.05, 0.1) is 11.8 Å². The van der Waals surface area contributed by atoms with E-state index >= 15 is 0 Å². The Morgan fingerprint density at radius 3 is 2.16 bits per heavy atom. The average Bonchev–Trinajstić information content (AvgIpc) is 2.77. The minimum atomic E-state index is -0.910. The van der Waals surface area contributed by atoms with Gasteiger partial charge >= 0.3 is 17.8 Å². The van der Waals surface area contributed by atoms with E-state index in [1.807, 2.05) is 0 Å². The van der Waals surface area contributed by atoms with Crippen LogP contribution in [0.3, 0.4) is 0 Å². The summed E-state index contributed by atoms with van der Waals surface area (Å²) in [5, 5.41) is 6.74. The SMILES string of the molecule is O=C(N/N=C/c1ccc(OC(=O)c2ccc(Cl)cc2)cc1)C(=O)Nc1ccc(Br)cc1. The van der Waals surface area contributed by atoms with Crippen LogP contribution < -0.4 is 15.5 Å². The van der Waals surface area contributed by atoms with Gasteiger partial charge in [-0.05, 0) is 78.4 Å². The van der Waals surface area contributed by atoms with Crippen molar-refractivity contribution in [2.24, 2.45) is 5.10 Å². The maximum absolute atomic E-state index is 12.1. The van der Waals surface area contributed by atoms with Crippen LogP contribution in [0.1, 0.15) is 15.9 Å². The molecule has 2 amide bonds. The first-order chi connectivity index (χ1) is 14.9. The Hall–Kier alpha value is -3.49. The lowest BCUT2D eigenvalue weighted by Gasteiger charge is -2.05. The monoisotopic (exact) mass is 499 g/mol. The molecule has 0 bridgehead atoms. The van der Waals surface area contributed by atoms with Crippen LogP contribution in [0, 0.1) is 0 Å². The van der Waals surface area contributed by atoms with Crippen molar-refractivity contribution in [1.82, 2.24) is 5.43 Å². The summed E-state index contributed by atoms with van der Waals surface area (Å²) in [4.78, 5) is 35.8. The number of amides is 2. The fraction of sp³-hybridized carbons (Fsp3) is 0. The van der Waals surface area contributed by atoms with Gasteiger partial charge in [-0.15, -0.1) is 0 Å². The predicted molar refractivity (Wildman–Crippen MR) is 121 cm³/mol. The number of carbonyl (C=O) groups is 3. The van der Waals surface area contributed by atoms with Gasteiger partial charge in [0.25, 0.3) is 0 Å². The van der Waals surface area contributed by atoms with Crippen LogP contribution in [0.2, 0.25) is 5.02 Å². The number of nitrogens with one attached hydrogen (secondary N) is 2. The summed E-state index contributed by atoms with van der Waals surface area (Å²) in [6.07, 6.45) is 1.36. The van der Waals surface area contributed by atoms with Crippen LogP contribution in [0.25, 0.3) is 0 Å². The maximum Gasteiger partial charge on any atom is 0.343 e. The number of hydrogen-bond acceptors (Lipinski definition) is 5. The summed E-state index contributed by atoms with van der Waals surface area (Å²) < 4.78 is 6.13. The highest BCUT2D eigenvalue weighted by atomic mass is 79.9. The van der Waals surface area contributed by atoms with E-state index in [-0.39, 0.29) is 0 Å². The van der Waals surface area contributed by atoms with Crippen LogP contribution in [-0.4, -0.2) is 24.0 Å². The standard InChI is InChI=1S/C22H15BrClN3O4/c23-16-5-9-18(10-6-16)26-20(28)21(29)27-25-13-14-1-11-19(12-2-14)31-22(30)15-3-7-17(24)8-4-15/h1-13H,(H,26,28)(H,27,29)/b25-13+. The third-order valence-electron chi connectivity index (χ3n) is 3.86. The molecule has 7 nitrogen and oxygen atoms in total. The number of nitrogens with zero attached hydrogens (tertiary/aromatic N) is 1. The zero-order chi connectivity index (χ0) is 22.2. The molecular formula is C22H15BrClN3O4. The molecule has 0 atom stereocenters. The molecule has 0 aliphatic carbocycles. The van der Waals surface area contributed by atoms with Crippen molar-refractivity contribution >= 4 is 57.2 Å². The molecule has 2 N–H and O–H groups in total. The molecule has 0 radical (unpaired) electrons. The van der Waals surface area contributed by atoms with Crippen molar-refractivity contribution in [3.05, 3.63) is 93.4 Å². The maximum atomic E-state index is 12.1. The first-order valence-corrected chi connectivity index (χ1v) is 10.1. The smallest absolute Gasteiger partial charge is 0.343 e. The lowest BCUT2D eigenvalue weighted by atomic mass is 10.2. The van der Waals surface area contributed by atoms with Gasteiger partial charge in [-0.25, -0.2) is 10.2 Å². The van der Waals surface area contributed by atoms with Crippen LogP contribution in [0.5, 0.6) is 5.75 Å². The molecule has 31 heavy (non-hydrogen) atoms. The van der Waals surface area contributed by atoms with E-state index in [1.165, 1.54) is 6.21 Å². The molecule has 3 rings (SSSR count). The summed E-state index contributed by atoms with van der Waals surface area (Å²) >= 11 is 9.09. The molecule has 3 aromatic rings. The van der Waals surface area contributed by atoms with Crippen LogP contribution in [-0.2, 0) is 9.59 Å². The molecule has 0 heterocycles. The molecule has 0 fully saturated rings. The van der Waals surface area contributed by atoms with E-state index in [1.54, 1.807) is 72.8 Å². The van der Waals surface area contributed by atoms with Gasteiger partial charge in [0.2, 0.25) is 0 Å². The van der Waals surface area contributed by atoms with Crippen molar-refractivity contribution < 1.29 is 19.1 Å². The van der Waals surface area contributed by atoms with Gasteiger partial charge in [0.15, 0.2) is 0 Å². The Bertz CT molecular complexity index is 1120. The summed E-state index contributed by atoms with van der Waals surface area (Å²) in [5.74, 6) is -1.92. The normalized spacial score (nSPS) is 10.5. The number of hydrogen-bond donors (Lipinski definition) is 2. The molecular weight excluding hydrogens is 486 g/mol. The predicted octanol–water partition coefficient (Wildman–Crippen LogP) is 4.41. The molecule has 156 valence electrons. The van der Waals surface area contributed by atoms with Crippen molar-refractivity contribution in [1.29, 1.82) is 0 Å². The second kappa shape index (κ2) is 10.5. The van der Waals surface area contributed by atoms with Gasteiger partial charge in [0.1, 0.15) is 5.75 Å². The van der Waals surface area contributed by atoms with E-state index < -0.39 is 17.8 Å². The Kier molecular flexibility index (Phi) is 7.53. The fourth-order valence-electron chi connectivity index (χ4n) is 2.31. The highest BCUT2D eigenvalue weighted by molar-refractivity contribution is 9.10. The third-order valence-corrected chi connectivity index (χ3v) is 4.64. The van der Waals surface area contributed by atoms with E-state index in [4.69, 9.17) is 16.3 Å². The highest BCUT2D eigenvalue weighted by Gasteiger charge is 2.12. The minimum absolute atomic E-state index is 0.343. The molecule has 9 heteroatoms. The number of hydrazone groups is 1. The average molecular weight is 501 g/mol. The fourth-order valence-corrected chi connectivity index (χ4v) is 2.70. The number of rotatable bonds is 5. The van der Waals surface area contributed by atoms with Crippen LogP contribution in [0.4, 0.5) is 5.69 Å². The highest BCUT2D eigenvalue weighted by Crippen LogP contribution is 2.16. The van der Waals surface area contributed by atoms with Crippen molar-refractivity contribution in [3.63, 3.8) is 0 Å². The topological polar surface area (TPSA) is 96.9 Å². The summed E-state index contributed by atoms with van der Waals surface area (Å²) in [6, 6.07) is 19.6.